The molecule has 2 nitrogen and oxygen atoms in total. The number of aliphatic hydroxyl groups excluding tert-OH is 1. The monoisotopic (exact) mass is 263 g/mol. The smallest absolute Gasteiger partial charge is 0.0687 e. The minimum Gasteiger partial charge on any atom is -0.392 e. The molecule has 0 saturated heterocycles. The Hall–Kier alpha value is -0.860. The molecular weight excluding hydrogens is 234 g/mol. The van der Waals surface area contributed by atoms with Gasteiger partial charge in [0.2, 0.25) is 0 Å². The average molecular weight is 263 g/mol. The van der Waals surface area contributed by atoms with Gasteiger partial charge in [-0.1, -0.05) is 58.9 Å². The molecule has 0 aromatic heterocycles. The molecule has 2 atom stereocenters. The van der Waals surface area contributed by atoms with Crippen LogP contribution in [0.2, 0.25) is 0 Å². The quantitative estimate of drug-likeness (QED) is 0.850. The van der Waals surface area contributed by atoms with Crippen molar-refractivity contribution in [3.8, 4) is 0 Å². The van der Waals surface area contributed by atoms with E-state index in [0.29, 0.717) is 12.5 Å². The maximum absolute atomic E-state index is 9.81. The Labute approximate surface area is 118 Å². The highest BCUT2D eigenvalue weighted by Gasteiger charge is 2.15. The minimum atomic E-state index is -0.281. The van der Waals surface area contributed by atoms with E-state index in [9.17, 15) is 5.11 Å². The van der Waals surface area contributed by atoms with Crippen LogP contribution in [0.1, 0.15) is 58.7 Å². The first-order valence-corrected chi connectivity index (χ1v) is 7.23. The molecular formula is C17H29NO. The van der Waals surface area contributed by atoms with Crippen LogP contribution in [0.5, 0.6) is 0 Å². The lowest BCUT2D eigenvalue weighted by Crippen LogP contribution is -2.32. The predicted molar refractivity (Wildman–Crippen MR) is 82.4 cm³/mol. The fourth-order valence-electron chi connectivity index (χ4n) is 1.92. The van der Waals surface area contributed by atoms with Gasteiger partial charge in [-0.2, -0.15) is 0 Å². The highest BCUT2D eigenvalue weighted by molar-refractivity contribution is 5.29. The van der Waals surface area contributed by atoms with Gasteiger partial charge < -0.3 is 10.4 Å². The number of hydrogen-bond donors (Lipinski definition) is 2. The van der Waals surface area contributed by atoms with Gasteiger partial charge >= 0.3 is 0 Å². The summed E-state index contributed by atoms with van der Waals surface area (Å²) in [5.41, 5.74) is 2.82. The lowest BCUT2D eigenvalue weighted by Gasteiger charge is -2.22. The Morgan fingerprint density at radius 3 is 2.00 bits per heavy atom. The van der Waals surface area contributed by atoms with Crippen LogP contribution in [0.25, 0.3) is 0 Å². The van der Waals surface area contributed by atoms with E-state index in [1.165, 1.54) is 11.1 Å². The Morgan fingerprint density at radius 1 is 1.05 bits per heavy atom. The summed E-state index contributed by atoms with van der Waals surface area (Å²) in [7, 11) is 0. The predicted octanol–water partition coefficient (Wildman–Crippen LogP) is 3.65. The third-order valence-corrected chi connectivity index (χ3v) is 3.68. The van der Waals surface area contributed by atoms with Crippen molar-refractivity contribution in [1.29, 1.82) is 0 Å². The van der Waals surface area contributed by atoms with E-state index >= 15 is 0 Å². The van der Waals surface area contributed by atoms with Gasteiger partial charge in [0.05, 0.1) is 6.10 Å². The number of nitrogens with one attached hydrogen (secondary N) is 1. The second kappa shape index (κ2) is 6.53. The van der Waals surface area contributed by atoms with Crippen molar-refractivity contribution in [2.24, 2.45) is 5.92 Å². The molecule has 0 heterocycles. The SMILES string of the molecule is CC(NCC(O)C(C)C)c1ccc(C(C)(C)C)cc1. The lowest BCUT2D eigenvalue weighted by molar-refractivity contribution is 0.120. The molecule has 0 aliphatic carbocycles. The second-order valence-corrected chi connectivity index (χ2v) is 6.81. The van der Waals surface area contributed by atoms with Crippen LogP contribution in [0.3, 0.4) is 0 Å². The van der Waals surface area contributed by atoms with Crippen LogP contribution in [-0.2, 0) is 5.41 Å². The van der Waals surface area contributed by atoms with Gasteiger partial charge in [-0.25, -0.2) is 0 Å². The van der Waals surface area contributed by atoms with E-state index < -0.39 is 0 Å². The summed E-state index contributed by atoms with van der Waals surface area (Å²) in [6, 6.07) is 9.03. The van der Waals surface area contributed by atoms with Crippen LogP contribution in [-0.4, -0.2) is 17.8 Å². The summed E-state index contributed by atoms with van der Waals surface area (Å²) in [5, 5.41) is 13.2. The lowest BCUT2D eigenvalue weighted by atomic mass is 9.86. The van der Waals surface area contributed by atoms with Crippen LogP contribution in [0.15, 0.2) is 24.3 Å². The average Bonchev–Trinajstić information content (AvgIpc) is 2.34. The molecule has 0 amide bonds. The molecule has 1 aromatic carbocycles. The van der Waals surface area contributed by atoms with E-state index in [1.54, 1.807) is 0 Å². The fraction of sp³-hybridized carbons (Fsp3) is 0.647. The minimum absolute atomic E-state index is 0.197. The Balaban J connectivity index is 2.61. The summed E-state index contributed by atoms with van der Waals surface area (Å²) < 4.78 is 0. The summed E-state index contributed by atoms with van der Waals surface area (Å²) in [4.78, 5) is 0. The van der Waals surface area contributed by atoms with Crippen LogP contribution < -0.4 is 5.32 Å². The Bertz CT molecular complexity index is 375. The summed E-state index contributed by atoms with van der Waals surface area (Å²) in [6.45, 7) is 13.5. The number of benzene rings is 1. The molecule has 0 spiro atoms. The van der Waals surface area contributed by atoms with Crippen molar-refractivity contribution in [3.05, 3.63) is 35.4 Å². The van der Waals surface area contributed by atoms with E-state index in [0.717, 1.165) is 0 Å². The molecule has 1 rings (SSSR count). The van der Waals surface area contributed by atoms with Crippen molar-refractivity contribution >= 4 is 0 Å². The molecule has 0 aliphatic heterocycles. The largest absolute Gasteiger partial charge is 0.392 e. The van der Waals surface area contributed by atoms with E-state index in [1.807, 2.05) is 13.8 Å². The molecule has 0 radical (unpaired) electrons. The van der Waals surface area contributed by atoms with E-state index in [-0.39, 0.29) is 17.6 Å². The first-order valence-electron chi connectivity index (χ1n) is 7.23. The van der Waals surface area contributed by atoms with Gasteiger partial charge in [-0.15, -0.1) is 0 Å². The first-order chi connectivity index (χ1) is 8.71. The topological polar surface area (TPSA) is 32.3 Å². The van der Waals surface area contributed by atoms with Gasteiger partial charge in [-0.05, 0) is 29.4 Å². The zero-order valence-electron chi connectivity index (χ0n) is 13.2. The zero-order valence-corrected chi connectivity index (χ0v) is 13.2. The Morgan fingerprint density at radius 2 is 1.58 bits per heavy atom. The van der Waals surface area contributed by atoms with Gasteiger partial charge in [-0.3, -0.25) is 0 Å². The summed E-state index contributed by atoms with van der Waals surface area (Å²) in [5.74, 6) is 0.294. The van der Waals surface area contributed by atoms with Crippen LogP contribution >= 0.6 is 0 Å². The zero-order chi connectivity index (χ0) is 14.6. The van der Waals surface area contributed by atoms with Crippen molar-refractivity contribution in [2.45, 2.75) is 59.1 Å². The van der Waals surface area contributed by atoms with Crippen LogP contribution in [0, 0.1) is 5.92 Å². The summed E-state index contributed by atoms with van der Waals surface area (Å²) in [6.07, 6.45) is -0.281. The number of hydrogen-bond acceptors (Lipinski definition) is 2. The number of rotatable bonds is 5. The molecule has 0 fully saturated rings. The molecule has 0 aliphatic rings. The van der Waals surface area contributed by atoms with Gasteiger partial charge in [0.1, 0.15) is 0 Å². The third-order valence-electron chi connectivity index (χ3n) is 3.68. The van der Waals surface area contributed by atoms with Crippen molar-refractivity contribution < 1.29 is 5.11 Å². The maximum atomic E-state index is 9.81. The van der Waals surface area contributed by atoms with Crippen molar-refractivity contribution in [3.63, 3.8) is 0 Å². The molecule has 108 valence electrons. The van der Waals surface area contributed by atoms with Crippen LogP contribution in [0.4, 0.5) is 0 Å². The van der Waals surface area contributed by atoms with E-state index in [2.05, 4.69) is 57.3 Å². The highest BCUT2D eigenvalue weighted by atomic mass is 16.3. The maximum Gasteiger partial charge on any atom is 0.0687 e. The highest BCUT2D eigenvalue weighted by Crippen LogP contribution is 2.23. The van der Waals surface area contributed by atoms with E-state index in [4.69, 9.17) is 0 Å². The van der Waals surface area contributed by atoms with Crippen molar-refractivity contribution in [2.75, 3.05) is 6.54 Å². The number of aliphatic hydroxyl groups is 1. The molecule has 0 bridgehead atoms. The normalized spacial score (nSPS) is 15.6. The standard InChI is InChI=1S/C17H29NO/c1-12(2)16(19)11-18-13(3)14-7-9-15(10-8-14)17(4,5)6/h7-10,12-13,16,18-19H,11H2,1-6H3. The van der Waals surface area contributed by atoms with Crippen molar-refractivity contribution in [1.82, 2.24) is 5.32 Å². The van der Waals surface area contributed by atoms with Gasteiger partial charge in [0, 0.05) is 12.6 Å². The third kappa shape index (κ3) is 4.96. The molecule has 2 unspecified atom stereocenters. The summed E-state index contributed by atoms with van der Waals surface area (Å²) >= 11 is 0. The molecule has 2 N–H and O–H groups in total. The molecule has 1 aromatic rings. The molecule has 2 heteroatoms. The molecule has 0 saturated carbocycles. The second-order valence-electron chi connectivity index (χ2n) is 6.81. The Kier molecular flexibility index (Phi) is 5.57. The first kappa shape index (κ1) is 16.2. The van der Waals surface area contributed by atoms with Gasteiger partial charge in [0.25, 0.3) is 0 Å². The van der Waals surface area contributed by atoms with Gasteiger partial charge in [0.15, 0.2) is 0 Å². The fourth-order valence-corrected chi connectivity index (χ4v) is 1.92. The molecule has 19 heavy (non-hydrogen) atoms.